The highest BCUT2D eigenvalue weighted by atomic mass is 32.1. The molecule has 2 amide bonds. The van der Waals surface area contributed by atoms with Gasteiger partial charge in [0.25, 0.3) is 5.91 Å². The molecular weight excluding hydrogens is 284 g/mol. The van der Waals surface area contributed by atoms with Crippen LogP contribution < -0.4 is 5.32 Å². The number of nitrogens with one attached hydrogen (secondary N) is 1. The van der Waals surface area contributed by atoms with Gasteiger partial charge in [-0.05, 0) is 11.4 Å². The van der Waals surface area contributed by atoms with E-state index < -0.39 is 12.6 Å². The minimum atomic E-state index is -1.06. The molecule has 0 atom stereocenters. The molecule has 1 heterocycles. The van der Waals surface area contributed by atoms with Crippen LogP contribution in [0.1, 0.15) is 9.67 Å². The SMILES string of the molecule is CN(CC(=O)NCCOCC(=O)O)C(=O)c1cccs1. The highest BCUT2D eigenvalue weighted by Crippen LogP contribution is 2.10. The number of rotatable bonds is 8. The third-order valence-electron chi connectivity index (χ3n) is 2.25. The third kappa shape index (κ3) is 5.81. The summed E-state index contributed by atoms with van der Waals surface area (Å²) in [4.78, 5) is 35.5. The molecule has 0 saturated heterocycles. The minimum absolute atomic E-state index is 0.0599. The minimum Gasteiger partial charge on any atom is -0.480 e. The molecule has 0 aliphatic heterocycles. The molecule has 110 valence electrons. The van der Waals surface area contributed by atoms with Gasteiger partial charge in [-0.3, -0.25) is 9.59 Å². The molecule has 1 rings (SSSR count). The lowest BCUT2D eigenvalue weighted by Gasteiger charge is -2.15. The number of likely N-dealkylation sites (N-methyl/N-ethyl adjacent to an activating group) is 1. The number of thiophene rings is 1. The number of carbonyl (C=O) groups is 3. The predicted molar refractivity (Wildman–Crippen MR) is 72.7 cm³/mol. The Morgan fingerprint density at radius 1 is 1.45 bits per heavy atom. The van der Waals surface area contributed by atoms with Crippen LogP contribution in [0.4, 0.5) is 0 Å². The number of ether oxygens (including phenoxy) is 1. The van der Waals surface area contributed by atoms with Crippen molar-refractivity contribution in [3.05, 3.63) is 22.4 Å². The van der Waals surface area contributed by atoms with E-state index in [-0.39, 0.29) is 31.5 Å². The Bertz CT molecular complexity index is 460. The Balaban J connectivity index is 2.21. The number of carboxylic acid groups (broad SMARTS) is 1. The number of hydrogen-bond donors (Lipinski definition) is 2. The first-order chi connectivity index (χ1) is 9.50. The van der Waals surface area contributed by atoms with Gasteiger partial charge in [0.1, 0.15) is 6.61 Å². The van der Waals surface area contributed by atoms with Crippen molar-refractivity contribution in [3.63, 3.8) is 0 Å². The van der Waals surface area contributed by atoms with Gasteiger partial charge >= 0.3 is 5.97 Å². The van der Waals surface area contributed by atoms with Crippen LogP contribution in [0, 0.1) is 0 Å². The van der Waals surface area contributed by atoms with Gasteiger partial charge in [0, 0.05) is 13.6 Å². The molecule has 1 aromatic rings. The first-order valence-corrected chi connectivity index (χ1v) is 6.74. The molecule has 20 heavy (non-hydrogen) atoms. The highest BCUT2D eigenvalue weighted by Gasteiger charge is 2.15. The van der Waals surface area contributed by atoms with Crippen LogP contribution in [-0.4, -0.2) is 61.1 Å². The van der Waals surface area contributed by atoms with Crippen LogP contribution in [0.25, 0.3) is 0 Å². The summed E-state index contributed by atoms with van der Waals surface area (Å²) in [5, 5.41) is 12.7. The average Bonchev–Trinajstić information content (AvgIpc) is 2.90. The van der Waals surface area contributed by atoms with Gasteiger partial charge < -0.3 is 20.1 Å². The van der Waals surface area contributed by atoms with Crippen molar-refractivity contribution in [2.75, 3.05) is 33.4 Å². The smallest absolute Gasteiger partial charge is 0.329 e. The highest BCUT2D eigenvalue weighted by molar-refractivity contribution is 7.12. The van der Waals surface area contributed by atoms with E-state index in [9.17, 15) is 14.4 Å². The van der Waals surface area contributed by atoms with Crippen LogP contribution >= 0.6 is 11.3 Å². The topological polar surface area (TPSA) is 95.9 Å². The molecule has 0 aliphatic carbocycles. The van der Waals surface area contributed by atoms with Crippen LogP contribution in [0.2, 0.25) is 0 Å². The second kappa shape index (κ2) is 8.28. The van der Waals surface area contributed by atoms with Gasteiger partial charge in [-0.1, -0.05) is 6.07 Å². The predicted octanol–water partition coefficient (Wildman–Crippen LogP) is 0.0375. The summed E-state index contributed by atoms with van der Waals surface area (Å²) >= 11 is 1.32. The van der Waals surface area contributed by atoms with E-state index in [0.29, 0.717) is 4.88 Å². The summed E-state index contributed by atoms with van der Waals surface area (Å²) in [6.45, 7) is -0.143. The molecule has 0 saturated carbocycles. The summed E-state index contributed by atoms with van der Waals surface area (Å²) in [7, 11) is 1.54. The van der Waals surface area contributed by atoms with E-state index in [4.69, 9.17) is 9.84 Å². The van der Waals surface area contributed by atoms with Crippen molar-refractivity contribution in [1.29, 1.82) is 0 Å². The number of aliphatic carboxylic acids is 1. The third-order valence-corrected chi connectivity index (χ3v) is 3.11. The molecule has 0 fully saturated rings. The Morgan fingerprint density at radius 2 is 2.20 bits per heavy atom. The maximum atomic E-state index is 11.9. The Kier molecular flexibility index (Phi) is 6.68. The molecule has 1 aromatic heterocycles. The van der Waals surface area contributed by atoms with Crippen LogP contribution in [0.5, 0.6) is 0 Å². The Morgan fingerprint density at radius 3 is 2.80 bits per heavy atom. The van der Waals surface area contributed by atoms with Crippen molar-refractivity contribution in [2.45, 2.75) is 0 Å². The standard InChI is InChI=1S/C12H16N2O5S/c1-14(12(18)9-3-2-6-20-9)7-10(15)13-4-5-19-8-11(16)17/h2-3,6H,4-5,7-8H2,1H3,(H,13,15)(H,16,17). The maximum absolute atomic E-state index is 11.9. The van der Waals surface area contributed by atoms with Crippen LogP contribution in [0.15, 0.2) is 17.5 Å². The molecule has 0 unspecified atom stereocenters. The van der Waals surface area contributed by atoms with E-state index in [0.717, 1.165) is 0 Å². The Labute approximate surface area is 120 Å². The Hall–Kier alpha value is -1.93. The zero-order chi connectivity index (χ0) is 15.0. The number of carbonyl (C=O) groups excluding carboxylic acids is 2. The largest absolute Gasteiger partial charge is 0.480 e. The lowest BCUT2D eigenvalue weighted by atomic mass is 10.4. The van der Waals surface area contributed by atoms with E-state index in [1.165, 1.54) is 16.2 Å². The molecule has 0 aliphatic rings. The number of carboxylic acids is 1. The second-order valence-corrected chi connectivity index (χ2v) is 4.88. The lowest BCUT2D eigenvalue weighted by Crippen LogP contribution is -2.39. The molecule has 8 heteroatoms. The van der Waals surface area contributed by atoms with Crippen molar-refractivity contribution < 1.29 is 24.2 Å². The summed E-state index contributed by atoms with van der Waals surface area (Å²) in [5.41, 5.74) is 0. The first-order valence-electron chi connectivity index (χ1n) is 5.86. The van der Waals surface area contributed by atoms with Crippen LogP contribution in [0.3, 0.4) is 0 Å². The first kappa shape index (κ1) is 16.1. The molecule has 0 aromatic carbocycles. The fourth-order valence-corrected chi connectivity index (χ4v) is 2.07. The number of nitrogens with zero attached hydrogens (tertiary/aromatic N) is 1. The van der Waals surface area contributed by atoms with Crippen LogP contribution in [-0.2, 0) is 14.3 Å². The fraction of sp³-hybridized carbons (Fsp3) is 0.417. The van der Waals surface area contributed by atoms with E-state index in [1.54, 1.807) is 24.6 Å². The van der Waals surface area contributed by atoms with Crippen molar-refractivity contribution in [1.82, 2.24) is 10.2 Å². The lowest BCUT2D eigenvalue weighted by molar-refractivity contribution is -0.142. The summed E-state index contributed by atoms with van der Waals surface area (Å²) in [6.07, 6.45) is 0. The van der Waals surface area contributed by atoms with Crippen molar-refractivity contribution >= 4 is 29.1 Å². The molecule has 0 radical (unpaired) electrons. The number of amides is 2. The van der Waals surface area contributed by atoms with Crippen molar-refractivity contribution in [3.8, 4) is 0 Å². The van der Waals surface area contributed by atoms with E-state index >= 15 is 0 Å². The molecule has 0 spiro atoms. The molecular formula is C12H16N2O5S. The van der Waals surface area contributed by atoms with E-state index in [1.807, 2.05) is 0 Å². The van der Waals surface area contributed by atoms with Gasteiger partial charge in [-0.25, -0.2) is 4.79 Å². The zero-order valence-corrected chi connectivity index (χ0v) is 11.8. The van der Waals surface area contributed by atoms with Gasteiger partial charge in [-0.2, -0.15) is 0 Å². The van der Waals surface area contributed by atoms with Gasteiger partial charge in [-0.15, -0.1) is 11.3 Å². The maximum Gasteiger partial charge on any atom is 0.329 e. The van der Waals surface area contributed by atoms with E-state index in [2.05, 4.69) is 5.32 Å². The summed E-state index contributed by atoms with van der Waals surface area (Å²) in [6, 6.07) is 3.47. The van der Waals surface area contributed by atoms with Crippen molar-refractivity contribution in [2.24, 2.45) is 0 Å². The van der Waals surface area contributed by atoms with Gasteiger partial charge in [0.2, 0.25) is 5.91 Å². The number of hydrogen-bond acceptors (Lipinski definition) is 5. The monoisotopic (exact) mass is 300 g/mol. The molecule has 7 nitrogen and oxygen atoms in total. The van der Waals surface area contributed by atoms with Gasteiger partial charge in [0.15, 0.2) is 0 Å². The normalized spacial score (nSPS) is 10.1. The zero-order valence-electron chi connectivity index (χ0n) is 11.0. The summed E-state index contributed by atoms with van der Waals surface area (Å²) in [5.74, 6) is -1.59. The second-order valence-electron chi connectivity index (χ2n) is 3.93. The average molecular weight is 300 g/mol. The fourth-order valence-electron chi connectivity index (χ4n) is 1.35. The molecule has 0 bridgehead atoms. The van der Waals surface area contributed by atoms with Gasteiger partial charge in [0.05, 0.1) is 18.0 Å². The quantitative estimate of drug-likeness (QED) is 0.661. The summed E-state index contributed by atoms with van der Waals surface area (Å²) < 4.78 is 4.76. The molecule has 2 N–H and O–H groups in total.